The third kappa shape index (κ3) is 4.33. The van der Waals surface area contributed by atoms with Crippen LogP contribution in [-0.2, 0) is 4.74 Å². The molecule has 0 amide bonds. The summed E-state index contributed by atoms with van der Waals surface area (Å²) < 4.78 is 5.56. The number of halogens is 1. The van der Waals surface area contributed by atoms with E-state index in [0.717, 1.165) is 18.3 Å². The molecule has 3 unspecified atom stereocenters. The van der Waals surface area contributed by atoms with Gasteiger partial charge in [0, 0.05) is 11.9 Å². The number of ether oxygens (including phenoxy) is 1. The standard InChI is InChI=1S/C18H27BrO/c1-18(2,20-3)12-11-16-13-15(9-10-17(16)19)14-7-5-4-6-8-14/h4-8,15-17H,9-13H2,1-3H3. The Morgan fingerprint density at radius 3 is 2.55 bits per heavy atom. The predicted molar refractivity (Wildman–Crippen MR) is 89.6 cm³/mol. The molecule has 0 spiro atoms. The van der Waals surface area contributed by atoms with Crippen LogP contribution in [-0.4, -0.2) is 17.5 Å². The average molecular weight is 339 g/mol. The summed E-state index contributed by atoms with van der Waals surface area (Å²) >= 11 is 3.90. The summed E-state index contributed by atoms with van der Waals surface area (Å²) in [5, 5.41) is 0. The fraction of sp³-hybridized carbons (Fsp3) is 0.667. The maximum Gasteiger partial charge on any atom is 0.0622 e. The van der Waals surface area contributed by atoms with Gasteiger partial charge in [-0.25, -0.2) is 0 Å². The van der Waals surface area contributed by atoms with E-state index in [-0.39, 0.29) is 5.60 Å². The number of methoxy groups -OCH3 is 1. The van der Waals surface area contributed by atoms with E-state index >= 15 is 0 Å². The second-order valence-electron chi connectivity index (χ2n) is 6.70. The van der Waals surface area contributed by atoms with Gasteiger partial charge in [-0.15, -0.1) is 0 Å². The van der Waals surface area contributed by atoms with Crippen LogP contribution in [0.1, 0.15) is 57.4 Å². The summed E-state index contributed by atoms with van der Waals surface area (Å²) in [5.74, 6) is 1.50. The van der Waals surface area contributed by atoms with Gasteiger partial charge in [0.25, 0.3) is 0 Å². The zero-order valence-electron chi connectivity index (χ0n) is 12.9. The summed E-state index contributed by atoms with van der Waals surface area (Å²) in [5.41, 5.74) is 1.52. The van der Waals surface area contributed by atoms with Crippen molar-refractivity contribution in [2.45, 2.75) is 62.3 Å². The number of rotatable bonds is 5. The maximum atomic E-state index is 5.56. The highest BCUT2D eigenvalue weighted by Gasteiger charge is 2.31. The summed E-state index contributed by atoms with van der Waals surface area (Å²) in [6, 6.07) is 11.0. The van der Waals surface area contributed by atoms with Crippen molar-refractivity contribution in [2.24, 2.45) is 5.92 Å². The lowest BCUT2D eigenvalue weighted by Gasteiger charge is -2.35. The third-order valence-electron chi connectivity index (χ3n) is 4.83. The molecule has 1 aromatic rings. The molecular formula is C18H27BrO. The normalized spacial score (nSPS) is 27.5. The highest BCUT2D eigenvalue weighted by Crippen LogP contribution is 2.42. The van der Waals surface area contributed by atoms with Crippen LogP contribution in [0.2, 0.25) is 0 Å². The molecule has 1 fully saturated rings. The highest BCUT2D eigenvalue weighted by atomic mass is 79.9. The van der Waals surface area contributed by atoms with Gasteiger partial charge in [0.05, 0.1) is 5.60 Å². The van der Waals surface area contributed by atoms with Crippen LogP contribution in [0.5, 0.6) is 0 Å². The van der Waals surface area contributed by atoms with Crippen LogP contribution in [0, 0.1) is 5.92 Å². The fourth-order valence-corrected chi connectivity index (χ4v) is 3.93. The van der Waals surface area contributed by atoms with Gasteiger partial charge in [-0.3, -0.25) is 0 Å². The van der Waals surface area contributed by atoms with E-state index in [2.05, 4.69) is 60.1 Å². The van der Waals surface area contributed by atoms with Crippen LogP contribution >= 0.6 is 15.9 Å². The molecule has 1 aliphatic carbocycles. The minimum Gasteiger partial charge on any atom is -0.379 e. The lowest BCUT2D eigenvalue weighted by molar-refractivity contribution is 0.00913. The Bertz CT molecular complexity index is 401. The topological polar surface area (TPSA) is 9.23 Å². The second-order valence-corrected chi connectivity index (χ2v) is 7.88. The molecule has 0 heterocycles. The Kier molecular flexibility index (Phi) is 5.68. The Morgan fingerprint density at radius 2 is 1.90 bits per heavy atom. The fourth-order valence-electron chi connectivity index (χ4n) is 3.19. The van der Waals surface area contributed by atoms with Gasteiger partial charge in [-0.1, -0.05) is 46.3 Å². The van der Waals surface area contributed by atoms with Gasteiger partial charge in [0.1, 0.15) is 0 Å². The van der Waals surface area contributed by atoms with E-state index in [9.17, 15) is 0 Å². The minimum atomic E-state index is 0.00636. The number of hydrogen-bond donors (Lipinski definition) is 0. The number of hydrogen-bond acceptors (Lipinski definition) is 1. The molecule has 0 N–H and O–H groups in total. The smallest absolute Gasteiger partial charge is 0.0622 e. The molecule has 0 aliphatic heterocycles. The van der Waals surface area contributed by atoms with E-state index in [0.29, 0.717) is 4.83 Å². The molecule has 0 saturated heterocycles. The summed E-state index contributed by atoms with van der Waals surface area (Å²) in [6.45, 7) is 4.38. The largest absolute Gasteiger partial charge is 0.379 e. The molecule has 0 radical (unpaired) electrons. The van der Waals surface area contributed by atoms with Crippen molar-refractivity contribution < 1.29 is 4.74 Å². The number of benzene rings is 1. The SMILES string of the molecule is COC(C)(C)CCC1CC(c2ccccc2)CCC1Br. The first-order chi connectivity index (χ1) is 9.52. The van der Waals surface area contributed by atoms with Crippen molar-refractivity contribution in [2.75, 3.05) is 7.11 Å². The van der Waals surface area contributed by atoms with Crippen LogP contribution in [0.25, 0.3) is 0 Å². The van der Waals surface area contributed by atoms with Crippen LogP contribution in [0.4, 0.5) is 0 Å². The number of alkyl halides is 1. The first kappa shape index (κ1) is 16.0. The van der Waals surface area contributed by atoms with E-state index in [1.54, 1.807) is 0 Å². The summed E-state index contributed by atoms with van der Waals surface area (Å²) in [7, 11) is 1.82. The molecular weight excluding hydrogens is 312 g/mol. The van der Waals surface area contributed by atoms with Crippen molar-refractivity contribution in [3.8, 4) is 0 Å². The molecule has 2 heteroatoms. The van der Waals surface area contributed by atoms with Crippen molar-refractivity contribution in [1.29, 1.82) is 0 Å². The van der Waals surface area contributed by atoms with Gasteiger partial charge in [-0.2, -0.15) is 0 Å². The maximum absolute atomic E-state index is 5.56. The van der Waals surface area contributed by atoms with E-state index in [1.165, 1.54) is 31.2 Å². The zero-order chi connectivity index (χ0) is 14.6. The average Bonchev–Trinajstić information content (AvgIpc) is 2.47. The van der Waals surface area contributed by atoms with E-state index < -0.39 is 0 Å². The first-order valence-corrected chi connectivity index (χ1v) is 8.67. The van der Waals surface area contributed by atoms with Crippen molar-refractivity contribution in [3.63, 3.8) is 0 Å². The minimum absolute atomic E-state index is 0.00636. The van der Waals surface area contributed by atoms with Gasteiger partial charge in [0.15, 0.2) is 0 Å². The molecule has 1 aromatic carbocycles. The van der Waals surface area contributed by atoms with Crippen molar-refractivity contribution in [1.82, 2.24) is 0 Å². The molecule has 0 aromatic heterocycles. The highest BCUT2D eigenvalue weighted by molar-refractivity contribution is 9.09. The summed E-state index contributed by atoms with van der Waals surface area (Å²) in [6.07, 6.45) is 6.29. The van der Waals surface area contributed by atoms with Gasteiger partial charge in [-0.05, 0) is 63.4 Å². The molecule has 20 heavy (non-hydrogen) atoms. The Hall–Kier alpha value is -0.340. The lowest BCUT2D eigenvalue weighted by Crippen LogP contribution is -2.28. The Balaban J connectivity index is 1.95. The van der Waals surface area contributed by atoms with Crippen LogP contribution < -0.4 is 0 Å². The third-order valence-corrected chi connectivity index (χ3v) is 6.04. The van der Waals surface area contributed by atoms with Gasteiger partial charge in [0.2, 0.25) is 0 Å². The van der Waals surface area contributed by atoms with Crippen molar-refractivity contribution in [3.05, 3.63) is 35.9 Å². The van der Waals surface area contributed by atoms with Crippen LogP contribution in [0.3, 0.4) is 0 Å². The van der Waals surface area contributed by atoms with E-state index in [4.69, 9.17) is 4.74 Å². The Morgan fingerprint density at radius 1 is 1.20 bits per heavy atom. The lowest BCUT2D eigenvalue weighted by atomic mass is 9.75. The molecule has 112 valence electrons. The first-order valence-electron chi connectivity index (χ1n) is 7.76. The molecule has 3 atom stereocenters. The molecule has 1 aliphatic rings. The molecule has 1 saturated carbocycles. The predicted octanol–water partition coefficient (Wildman–Crippen LogP) is 5.54. The summed E-state index contributed by atoms with van der Waals surface area (Å²) in [4.78, 5) is 0.676. The van der Waals surface area contributed by atoms with Gasteiger partial charge >= 0.3 is 0 Å². The zero-order valence-corrected chi connectivity index (χ0v) is 14.5. The van der Waals surface area contributed by atoms with Gasteiger partial charge < -0.3 is 4.74 Å². The van der Waals surface area contributed by atoms with Crippen LogP contribution in [0.15, 0.2) is 30.3 Å². The molecule has 1 nitrogen and oxygen atoms in total. The quantitative estimate of drug-likeness (QED) is 0.640. The Labute approximate surface area is 132 Å². The second kappa shape index (κ2) is 7.09. The molecule has 0 bridgehead atoms. The van der Waals surface area contributed by atoms with Crippen molar-refractivity contribution >= 4 is 15.9 Å². The molecule has 2 rings (SSSR count). The van der Waals surface area contributed by atoms with E-state index in [1.807, 2.05) is 7.11 Å². The monoisotopic (exact) mass is 338 g/mol.